The standard InChI is InChI=1S/C14H15ClN2O3/c15-11-5-3-10(4-6-11)8-16-14(19)17-9-12(18)13-2-1-7-20-13/h1-7,12,18H,8-9H2,(H2,16,17,19). The maximum absolute atomic E-state index is 11.6. The summed E-state index contributed by atoms with van der Waals surface area (Å²) in [4.78, 5) is 11.6. The molecule has 1 atom stereocenters. The van der Waals surface area contributed by atoms with Crippen molar-refractivity contribution in [2.45, 2.75) is 12.6 Å². The maximum atomic E-state index is 11.6. The lowest BCUT2D eigenvalue weighted by molar-refractivity contribution is 0.148. The monoisotopic (exact) mass is 294 g/mol. The topological polar surface area (TPSA) is 74.5 Å². The second kappa shape index (κ2) is 6.98. The molecule has 0 radical (unpaired) electrons. The van der Waals surface area contributed by atoms with E-state index < -0.39 is 6.10 Å². The molecule has 0 bridgehead atoms. The Hall–Kier alpha value is -1.98. The molecule has 1 heterocycles. The third-order valence-corrected chi connectivity index (χ3v) is 2.95. The molecule has 0 saturated heterocycles. The first-order chi connectivity index (χ1) is 9.65. The molecule has 0 aliphatic rings. The SMILES string of the molecule is O=C(NCc1ccc(Cl)cc1)NCC(O)c1ccco1. The van der Waals surface area contributed by atoms with E-state index in [1.807, 2.05) is 12.1 Å². The highest BCUT2D eigenvalue weighted by atomic mass is 35.5. The number of benzene rings is 1. The van der Waals surface area contributed by atoms with E-state index in [1.54, 1.807) is 24.3 Å². The van der Waals surface area contributed by atoms with Crippen LogP contribution in [-0.4, -0.2) is 17.7 Å². The lowest BCUT2D eigenvalue weighted by Gasteiger charge is -2.10. The molecule has 0 fully saturated rings. The second-order valence-corrected chi connectivity index (χ2v) is 4.66. The van der Waals surface area contributed by atoms with Gasteiger partial charge in [0, 0.05) is 11.6 Å². The normalized spacial score (nSPS) is 11.9. The fourth-order valence-electron chi connectivity index (χ4n) is 1.62. The highest BCUT2D eigenvalue weighted by Gasteiger charge is 2.11. The van der Waals surface area contributed by atoms with Crippen LogP contribution >= 0.6 is 11.6 Å². The minimum Gasteiger partial charge on any atom is -0.467 e. The zero-order chi connectivity index (χ0) is 14.4. The summed E-state index contributed by atoms with van der Waals surface area (Å²) in [5.41, 5.74) is 0.941. The lowest BCUT2D eigenvalue weighted by Crippen LogP contribution is -2.37. The average molecular weight is 295 g/mol. The zero-order valence-electron chi connectivity index (χ0n) is 10.7. The molecule has 106 valence electrons. The van der Waals surface area contributed by atoms with Crippen molar-refractivity contribution in [1.29, 1.82) is 0 Å². The molecule has 6 heteroatoms. The van der Waals surface area contributed by atoms with E-state index in [1.165, 1.54) is 6.26 Å². The van der Waals surface area contributed by atoms with Crippen LogP contribution in [0, 0.1) is 0 Å². The molecule has 0 spiro atoms. The van der Waals surface area contributed by atoms with Gasteiger partial charge in [-0.1, -0.05) is 23.7 Å². The van der Waals surface area contributed by atoms with Crippen molar-refractivity contribution in [3.63, 3.8) is 0 Å². The summed E-state index contributed by atoms with van der Waals surface area (Å²) >= 11 is 5.77. The highest BCUT2D eigenvalue weighted by molar-refractivity contribution is 6.30. The molecule has 0 aliphatic carbocycles. The summed E-state index contributed by atoms with van der Waals surface area (Å²) in [6, 6.07) is 10.2. The molecule has 1 unspecified atom stereocenters. The molecule has 1 aromatic heterocycles. The van der Waals surface area contributed by atoms with Gasteiger partial charge in [-0.25, -0.2) is 4.79 Å². The predicted molar refractivity (Wildman–Crippen MR) is 75.4 cm³/mol. The first-order valence-electron chi connectivity index (χ1n) is 6.13. The average Bonchev–Trinajstić information content (AvgIpc) is 2.98. The quantitative estimate of drug-likeness (QED) is 0.793. The van der Waals surface area contributed by atoms with Crippen molar-refractivity contribution >= 4 is 17.6 Å². The minimum atomic E-state index is -0.855. The predicted octanol–water partition coefficient (Wildman–Crippen LogP) is 2.47. The van der Waals surface area contributed by atoms with Crippen molar-refractivity contribution in [2.24, 2.45) is 0 Å². The van der Waals surface area contributed by atoms with Gasteiger partial charge in [-0.2, -0.15) is 0 Å². The van der Waals surface area contributed by atoms with Crippen molar-refractivity contribution in [3.05, 3.63) is 59.0 Å². The number of furan rings is 1. The van der Waals surface area contributed by atoms with Crippen LogP contribution in [-0.2, 0) is 6.54 Å². The highest BCUT2D eigenvalue weighted by Crippen LogP contribution is 2.11. The number of hydrogen-bond acceptors (Lipinski definition) is 3. The van der Waals surface area contributed by atoms with E-state index in [4.69, 9.17) is 16.0 Å². The van der Waals surface area contributed by atoms with Crippen LogP contribution in [0.1, 0.15) is 17.4 Å². The van der Waals surface area contributed by atoms with Gasteiger partial charge in [0.25, 0.3) is 0 Å². The largest absolute Gasteiger partial charge is 0.467 e. The molecule has 2 amide bonds. The number of aliphatic hydroxyl groups is 1. The molecular formula is C14H15ClN2O3. The lowest BCUT2D eigenvalue weighted by atomic mass is 10.2. The third kappa shape index (κ3) is 4.29. The van der Waals surface area contributed by atoms with Crippen LogP contribution < -0.4 is 10.6 Å². The van der Waals surface area contributed by atoms with Gasteiger partial charge in [-0.3, -0.25) is 0 Å². The van der Waals surface area contributed by atoms with E-state index >= 15 is 0 Å². The van der Waals surface area contributed by atoms with Gasteiger partial charge < -0.3 is 20.2 Å². The van der Waals surface area contributed by atoms with E-state index in [2.05, 4.69) is 10.6 Å². The number of carbonyl (C=O) groups is 1. The van der Waals surface area contributed by atoms with Crippen LogP contribution in [0.3, 0.4) is 0 Å². The molecule has 0 aliphatic heterocycles. The van der Waals surface area contributed by atoms with E-state index in [0.29, 0.717) is 17.3 Å². The van der Waals surface area contributed by atoms with E-state index in [0.717, 1.165) is 5.56 Å². The first kappa shape index (κ1) is 14.4. The smallest absolute Gasteiger partial charge is 0.315 e. The summed E-state index contributed by atoms with van der Waals surface area (Å²) < 4.78 is 5.03. The summed E-state index contributed by atoms with van der Waals surface area (Å²) in [5, 5.41) is 15.6. The Bertz CT molecular complexity index is 540. The number of urea groups is 1. The summed E-state index contributed by atoms with van der Waals surface area (Å²) in [7, 11) is 0. The summed E-state index contributed by atoms with van der Waals surface area (Å²) in [6.45, 7) is 0.472. The van der Waals surface area contributed by atoms with Gasteiger partial charge in [-0.05, 0) is 29.8 Å². The van der Waals surface area contributed by atoms with Crippen LogP contribution in [0.5, 0.6) is 0 Å². The summed E-state index contributed by atoms with van der Waals surface area (Å²) in [5.74, 6) is 0.419. The Morgan fingerprint density at radius 2 is 2.00 bits per heavy atom. The number of amides is 2. The Morgan fingerprint density at radius 1 is 1.25 bits per heavy atom. The Morgan fingerprint density at radius 3 is 2.65 bits per heavy atom. The number of nitrogens with one attached hydrogen (secondary N) is 2. The summed E-state index contributed by atoms with van der Waals surface area (Å²) in [6.07, 6.45) is 0.616. The molecule has 0 saturated carbocycles. The zero-order valence-corrected chi connectivity index (χ0v) is 11.4. The Kier molecular flexibility index (Phi) is 5.03. The number of rotatable bonds is 5. The molecule has 20 heavy (non-hydrogen) atoms. The maximum Gasteiger partial charge on any atom is 0.315 e. The van der Waals surface area contributed by atoms with Crippen LogP contribution in [0.4, 0.5) is 4.79 Å². The number of halogens is 1. The molecule has 1 aromatic carbocycles. The van der Waals surface area contributed by atoms with Gasteiger partial charge in [0.2, 0.25) is 0 Å². The van der Waals surface area contributed by atoms with Crippen LogP contribution in [0.2, 0.25) is 5.02 Å². The number of aliphatic hydroxyl groups excluding tert-OH is 1. The molecule has 3 N–H and O–H groups in total. The van der Waals surface area contributed by atoms with Crippen molar-refractivity contribution in [1.82, 2.24) is 10.6 Å². The van der Waals surface area contributed by atoms with Crippen molar-refractivity contribution in [2.75, 3.05) is 6.54 Å². The van der Waals surface area contributed by atoms with Gasteiger partial charge in [0.05, 0.1) is 12.8 Å². The molecule has 2 rings (SSSR count). The van der Waals surface area contributed by atoms with Gasteiger partial charge in [0.1, 0.15) is 11.9 Å². The van der Waals surface area contributed by atoms with Gasteiger partial charge in [0.15, 0.2) is 0 Å². The number of hydrogen-bond donors (Lipinski definition) is 3. The van der Waals surface area contributed by atoms with Crippen molar-refractivity contribution < 1.29 is 14.3 Å². The molecular weight excluding hydrogens is 280 g/mol. The second-order valence-electron chi connectivity index (χ2n) is 4.22. The fourth-order valence-corrected chi connectivity index (χ4v) is 1.74. The van der Waals surface area contributed by atoms with Crippen LogP contribution in [0.25, 0.3) is 0 Å². The number of carbonyl (C=O) groups excluding carboxylic acids is 1. The van der Waals surface area contributed by atoms with E-state index in [9.17, 15) is 9.90 Å². The third-order valence-electron chi connectivity index (χ3n) is 2.69. The minimum absolute atomic E-state index is 0.0833. The molecule has 2 aromatic rings. The van der Waals surface area contributed by atoms with E-state index in [-0.39, 0.29) is 12.6 Å². The fraction of sp³-hybridized carbons (Fsp3) is 0.214. The van der Waals surface area contributed by atoms with Crippen LogP contribution in [0.15, 0.2) is 47.1 Å². The molecule has 5 nitrogen and oxygen atoms in total. The first-order valence-corrected chi connectivity index (χ1v) is 6.50. The van der Waals surface area contributed by atoms with Gasteiger partial charge in [-0.15, -0.1) is 0 Å². The Balaban J connectivity index is 1.71. The Labute approximate surface area is 121 Å². The van der Waals surface area contributed by atoms with Crippen molar-refractivity contribution in [3.8, 4) is 0 Å². The van der Waals surface area contributed by atoms with Gasteiger partial charge >= 0.3 is 6.03 Å².